The van der Waals surface area contributed by atoms with Gasteiger partial charge in [-0.1, -0.05) is 18.2 Å². The number of nitrogens with one attached hydrogen (secondary N) is 1. The molecule has 2 aromatic rings. The highest BCUT2D eigenvalue weighted by Crippen LogP contribution is 2.17. The highest BCUT2D eigenvalue weighted by Gasteiger charge is 2.28. The van der Waals surface area contributed by atoms with Crippen LogP contribution in [0.4, 0.5) is 10.1 Å². The van der Waals surface area contributed by atoms with E-state index in [4.69, 9.17) is 4.74 Å². The Morgan fingerprint density at radius 2 is 1.72 bits per heavy atom. The number of benzene rings is 2. The molecule has 0 atom stereocenters. The smallest absolute Gasteiger partial charge is 0.338 e. The van der Waals surface area contributed by atoms with Crippen molar-refractivity contribution < 1.29 is 28.3 Å². The predicted octanol–water partition coefficient (Wildman–Crippen LogP) is 2.58. The first kappa shape index (κ1) is 20.2. The molecule has 0 radical (unpaired) electrons. The second kappa shape index (κ2) is 8.64. The average molecular weight is 398 g/mol. The van der Waals surface area contributed by atoms with Crippen molar-refractivity contribution in [3.8, 4) is 0 Å². The van der Waals surface area contributed by atoms with Crippen molar-refractivity contribution in [3.63, 3.8) is 0 Å². The van der Waals surface area contributed by atoms with Crippen LogP contribution < -0.4 is 5.32 Å². The van der Waals surface area contributed by atoms with Crippen LogP contribution in [0, 0.1) is 12.7 Å². The molecule has 0 saturated carbocycles. The summed E-state index contributed by atoms with van der Waals surface area (Å²) in [7, 11) is 0. The fourth-order valence-electron chi connectivity index (χ4n) is 2.81. The highest BCUT2D eigenvalue weighted by atomic mass is 19.1. The van der Waals surface area contributed by atoms with Crippen molar-refractivity contribution in [1.82, 2.24) is 4.90 Å². The molecule has 8 heteroatoms. The number of halogens is 1. The van der Waals surface area contributed by atoms with E-state index in [0.29, 0.717) is 11.1 Å². The molecular weight excluding hydrogens is 379 g/mol. The molecule has 1 saturated heterocycles. The number of carbonyl (C=O) groups is 4. The molecule has 2 aromatic carbocycles. The van der Waals surface area contributed by atoms with E-state index in [-0.39, 0.29) is 42.5 Å². The number of ether oxygens (including phenoxy) is 1. The van der Waals surface area contributed by atoms with Crippen molar-refractivity contribution in [2.75, 3.05) is 11.9 Å². The van der Waals surface area contributed by atoms with Crippen molar-refractivity contribution in [2.24, 2.45) is 0 Å². The summed E-state index contributed by atoms with van der Waals surface area (Å²) in [5, 5.41) is 2.45. The Morgan fingerprint density at radius 1 is 1.07 bits per heavy atom. The van der Waals surface area contributed by atoms with E-state index < -0.39 is 24.3 Å². The number of amides is 3. The first-order valence-electron chi connectivity index (χ1n) is 8.99. The Bertz CT molecular complexity index is 956. The van der Waals surface area contributed by atoms with Crippen LogP contribution in [0.25, 0.3) is 0 Å². The summed E-state index contributed by atoms with van der Waals surface area (Å²) < 4.78 is 18.5. The predicted molar refractivity (Wildman–Crippen MR) is 101 cm³/mol. The summed E-state index contributed by atoms with van der Waals surface area (Å²) in [6, 6.07) is 10.5. The van der Waals surface area contributed by atoms with E-state index in [2.05, 4.69) is 5.32 Å². The molecule has 3 amide bonds. The number of likely N-dealkylation sites (tertiary alicyclic amines) is 1. The number of imide groups is 1. The molecule has 150 valence electrons. The number of hydrogen-bond acceptors (Lipinski definition) is 5. The Hall–Kier alpha value is -3.55. The van der Waals surface area contributed by atoms with Crippen LogP contribution in [-0.4, -0.2) is 35.2 Å². The summed E-state index contributed by atoms with van der Waals surface area (Å²) >= 11 is 0. The number of aryl methyl sites for hydroxylation is 1. The second-order valence-corrected chi connectivity index (χ2v) is 6.66. The fraction of sp³-hybridized carbons (Fsp3) is 0.238. The number of hydrogen-bond donors (Lipinski definition) is 1. The molecule has 1 aliphatic heterocycles. The van der Waals surface area contributed by atoms with Gasteiger partial charge in [0.15, 0.2) is 6.61 Å². The minimum Gasteiger partial charge on any atom is -0.452 e. The molecular formula is C21H19FN2O5. The zero-order chi connectivity index (χ0) is 21.0. The Labute approximate surface area is 166 Å². The van der Waals surface area contributed by atoms with Gasteiger partial charge in [-0.2, -0.15) is 0 Å². The van der Waals surface area contributed by atoms with Gasteiger partial charge in [-0.3, -0.25) is 19.3 Å². The van der Waals surface area contributed by atoms with Gasteiger partial charge in [-0.15, -0.1) is 0 Å². The third-order valence-corrected chi connectivity index (χ3v) is 4.48. The molecule has 1 heterocycles. The van der Waals surface area contributed by atoms with Gasteiger partial charge in [0.2, 0.25) is 11.8 Å². The molecule has 1 aliphatic rings. The maximum Gasteiger partial charge on any atom is 0.338 e. The van der Waals surface area contributed by atoms with Crippen LogP contribution in [0.5, 0.6) is 0 Å². The van der Waals surface area contributed by atoms with Gasteiger partial charge in [0.25, 0.3) is 5.91 Å². The molecule has 0 aliphatic carbocycles. The van der Waals surface area contributed by atoms with E-state index in [9.17, 15) is 23.6 Å². The Balaban J connectivity index is 1.51. The topological polar surface area (TPSA) is 92.8 Å². The van der Waals surface area contributed by atoms with Crippen LogP contribution >= 0.6 is 0 Å². The number of anilines is 1. The zero-order valence-corrected chi connectivity index (χ0v) is 15.7. The summed E-state index contributed by atoms with van der Waals surface area (Å²) in [4.78, 5) is 48.4. The first-order chi connectivity index (χ1) is 13.8. The van der Waals surface area contributed by atoms with Crippen LogP contribution in [0.1, 0.15) is 34.3 Å². The standard InChI is InChI=1S/C21H19FN2O5/c1-13-2-7-16(10-17(13)22)23-18(25)12-29-21(28)15-5-3-14(4-6-15)11-24-19(26)8-9-20(24)27/h2-7,10H,8-9,11-12H2,1H3,(H,23,25). The summed E-state index contributed by atoms with van der Waals surface area (Å²) in [5.41, 5.74) is 1.65. The molecule has 0 aromatic heterocycles. The monoisotopic (exact) mass is 398 g/mol. The van der Waals surface area contributed by atoms with Crippen LogP contribution in [-0.2, 0) is 25.7 Å². The van der Waals surface area contributed by atoms with Crippen molar-refractivity contribution in [1.29, 1.82) is 0 Å². The third kappa shape index (κ3) is 5.04. The van der Waals surface area contributed by atoms with Gasteiger partial charge in [-0.05, 0) is 42.3 Å². The lowest BCUT2D eigenvalue weighted by atomic mass is 10.1. The minimum atomic E-state index is -0.699. The molecule has 3 rings (SSSR count). The average Bonchev–Trinajstić information content (AvgIpc) is 3.01. The van der Waals surface area contributed by atoms with Gasteiger partial charge in [0, 0.05) is 18.5 Å². The second-order valence-electron chi connectivity index (χ2n) is 6.66. The van der Waals surface area contributed by atoms with Crippen molar-refractivity contribution in [3.05, 3.63) is 65.0 Å². The maximum absolute atomic E-state index is 13.5. The van der Waals surface area contributed by atoms with Crippen LogP contribution in [0.2, 0.25) is 0 Å². The lowest BCUT2D eigenvalue weighted by Gasteiger charge is -2.13. The Morgan fingerprint density at radius 3 is 2.34 bits per heavy atom. The molecule has 1 N–H and O–H groups in total. The maximum atomic E-state index is 13.5. The van der Waals surface area contributed by atoms with Gasteiger partial charge in [0.1, 0.15) is 5.82 Å². The van der Waals surface area contributed by atoms with Crippen LogP contribution in [0.15, 0.2) is 42.5 Å². The number of esters is 1. The van der Waals surface area contributed by atoms with E-state index in [1.165, 1.54) is 29.2 Å². The SMILES string of the molecule is Cc1ccc(NC(=O)COC(=O)c2ccc(CN3C(=O)CCC3=O)cc2)cc1F. The molecule has 0 unspecified atom stereocenters. The zero-order valence-electron chi connectivity index (χ0n) is 15.7. The fourth-order valence-corrected chi connectivity index (χ4v) is 2.81. The number of carbonyl (C=O) groups excluding carboxylic acids is 4. The molecule has 29 heavy (non-hydrogen) atoms. The molecule has 0 bridgehead atoms. The van der Waals surface area contributed by atoms with E-state index >= 15 is 0 Å². The van der Waals surface area contributed by atoms with E-state index in [1.54, 1.807) is 25.1 Å². The number of rotatable bonds is 6. The highest BCUT2D eigenvalue weighted by molar-refractivity contribution is 6.01. The number of nitrogens with zero attached hydrogens (tertiary/aromatic N) is 1. The summed E-state index contributed by atoms with van der Waals surface area (Å²) in [5.74, 6) is -2.16. The largest absolute Gasteiger partial charge is 0.452 e. The van der Waals surface area contributed by atoms with Gasteiger partial charge >= 0.3 is 5.97 Å². The van der Waals surface area contributed by atoms with E-state index in [0.717, 1.165) is 0 Å². The molecule has 0 spiro atoms. The quantitative estimate of drug-likeness (QED) is 0.596. The van der Waals surface area contributed by atoms with Crippen molar-refractivity contribution >= 4 is 29.4 Å². The first-order valence-corrected chi connectivity index (χ1v) is 8.99. The summed E-state index contributed by atoms with van der Waals surface area (Å²) in [6.07, 6.45) is 0.446. The third-order valence-electron chi connectivity index (χ3n) is 4.48. The molecule has 7 nitrogen and oxygen atoms in total. The van der Waals surface area contributed by atoms with Gasteiger partial charge < -0.3 is 10.1 Å². The van der Waals surface area contributed by atoms with Gasteiger partial charge in [0.05, 0.1) is 12.1 Å². The minimum absolute atomic E-state index is 0.155. The Kier molecular flexibility index (Phi) is 6.01. The normalized spacial score (nSPS) is 13.5. The van der Waals surface area contributed by atoms with Crippen LogP contribution in [0.3, 0.4) is 0 Å². The lowest BCUT2D eigenvalue weighted by Crippen LogP contribution is -2.28. The lowest BCUT2D eigenvalue weighted by molar-refractivity contribution is -0.139. The van der Waals surface area contributed by atoms with Gasteiger partial charge in [-0.25, -0.2) is 9.18 Å². The van der Waals surface area contributed by atoms with Crippen molar-refractivity contribution in [2.45, 2.75) is 26.3 Å². The summed E-state index contributed by atoms with van der Waals surface area (Å²) in [6.45, 7) is 1.24. The van der Waals surface area contributed by atoms with E-state index in [1.807, 2.05) is 0 Å². The molecule has 1 fully saturated rings.